The van der Waals surface area contributed by atoms with E-state index in [2.05, 4.69) is 27.6 Å². The van der Waals surface area contributed by atoms with Gasteiger partial charge in [-0.3, -0.25) is 4.90 Å². The topological polar surface area (TPSA) is 61.8 Å². The van der Waals surface area contributed by atoms with Crippen LogP contribution in [0.5, 0.6) is 0 Å². The van der Waals surface area contributed by atoms with Gasteiger partial charge in [-0.05, 0) is 43.7 Å². The molecule has 1 aliphatic rings. The summed E-state index contributed by atoms with van der Waals surface area (Å²) in [6.07, 6.45) is 5.93. The molecule has 0 saturated heterocycles. The number of hydrogen-bond donors (Lipinski definition) is 2. The molecule has 0 atom stereocenters. The average molecular weight is 309 g/mol. The number of thiophene rings is 1. The summed E-state index contributed by atoms with van der Waals surface area (Å²) >= 11 is 1.85. The summed E-state index contributed by atoms with van der Waals surface area (Å²) in [6, 6.07) is 5.15. The first kappa shape index (κ1) is 16.3. The molecule has 0 bridgehead atoms. The molecule has 0 aliphatic heterocycles. The molecule has 0 radical (unpaired) electrons. The van der Waals surface area contributed by atoms with Crippen LogP contribution in [-0.4, -0.2) is 28.5 Å². The minimum atomic E-state index is -0.215. The monoisotopic (exact) mass is 309 g/mol. The molecule has 4 nitrogen and oxygen atoms in total. The number of nitrogens with two attached hydrogens (primary N) is 1. The second kappa shape index (κ2) is 7.27. The lowest BCUT2D eigenvalue weighted by Gasteiger charge is -2.24. The lowest BCUT2D eigenvalue weighted by atomic mass is 9.86. The Morgan fingerprint density at radius 3 is 2.81 bits per heavy atom. The van der Waals surface area contributed by atoms with E-state index in [0.717, 1.165) is 32.0 Å². The van der Waals surface area contributed by atoms with Crippen LogP contribution in [-0.2, 0) is 6.54 Å². The van der Waals surface area contributed by atoms with Gasteiger partial charge in [0.05, 0.1) is 0 Å². The number of unbranched alkanes of at least 4 members (excludes halogenated alkanes) is 1. The van der Waals surface area contributed by atoms with E-state index < -0.39 is 0 Å². The molecule has 1 saturated carbocycles. The lowest BCUT2D eigenvalue weighted by Crippen LogP contribution is -2.32. The third kappa shape index (κ3) is 5.00. The molecule has 1 aromatic rings. The average Bonchev–Trinajstić information content (AvgIpc) is 3.18. The number of amidine groups is 1. The lowest BCUT2D eigenvalue weighted by molar-refractivity contribution is 0.246. The molecule has 5 heteroatoms. The maximum atomic E-state index is 8.80. The fraction of sp³-hybridized carbons (Fsp3) is 0.688. The van der Waals surface area contributed by atoms with Crippen molar-refractivity contribution in [1.82, 2.24) is 4.90 Å². The van der Waals surface area contributed by atoms with Gasteiger partial charge < -0.3 is 10.9 Å². The summed E-state index contributed by atoms with van der Waals surface area (Å²) in [5.74, 6) is 0.333. The fourth-order valence-corrected chi connectivity index (χ4v) is 3.31. The maximum absolute atomic E-state index is 8.80. The Morgan fingerprint density at radius 2 is 2.24 bits per heavy atom. The number of hydrogen-bond acceptors (Lipinski definition) is 4. The quantitative estimate of drug-likeness (QED) is 0.241. The summed E-state index contributed by atoms with van der Waals surface area (Å²) in [5.41, 5.74) is 5.52. The number of oxime groups is 1. The number of nitrogens with zero attached hydrogens (tertiary/aromatic N) is 2. The first-order valence-corrected chi connectivity index (χ1v) is 8.65. The largest absolute Gasteiger partial charge is 0.409 e. The molecule has 3 N–H and O–H groups in total. The second-order valence-corrected chi connectivity index (χ2v) is 7.64. The van der Waals surface area contributed by atoms with E-state index in [1.165, 1.54) is 24.1 Å². The van der Waals surface area contributed by atoms with Crippen LogP contribution in [0.3, 0.4) is 0 Å². The van der Waals surface area contributed by atoms with Crippen molar-refractivity contribution in [3.8, 4) is 0 Å². The standard InChI is InChI=1S/C16H27N3OS/c1-16(2,15(17)18-20)9-3-4-10-19(13-7-8-13)12-14-6-5-11-21-14/h5-6,11,13,20H,3-4,7-10,12H2,1-2H3,(H2,17,18). The summed E-state index contributed by atoms with van der Waals surface area (Å²) in [6.45, 7) is 6.31. The molecular weight excluding hydrogens is 282 g/mol. The van der Waals surface area contributed by atoms with E-state index >= 15 is 0 Å². The van der Waals surface area contributed by atoms with Crippen molar-refractivity contribution in [2.24, 2.45) is 16.3 Å². The SMILES string of the molecule is CC(C)(CCCCN(Cc1cccs1)C1CC1)/C(N)=N/O. The van der Waals surface area contributed by atoms with Gasteiger partial charge in [0.1, 0.15) is 5.84 Å². The molecule has 0 amide bonds. The third-order valence-corrected chi connectivity index (χ3v) is 5.16. The van der Waals surface area contributed by atoms with Crippen LogP contribution in [0.15, 0.2) is 22.7 Å². The first-order chi connectivity index (χ1) is 10.0. The van der Waals surface area contributed by atoms with Crippen LogP contribution in [0, 0.1) is 5.41 Å². The van der Waals surface area contributed by atoms with Crippen molar-refractivity contribution in [2.75, 3.05) is 6.54 Å². The summed E-state index contributed by atoms with van der Waals surface area (Å²) in [4.78, 5) is 4.07. The zero-order valence-corrected chi connectivity index (χ0v) is 13.9. The molecule has 21 heavy (non-hydrogen) atoms. The molecule has 0 aromatic carbocycles. The van der Waals surface area contributed by atoms with Crippen LogP contribution in [0.2, 0.25) is 0 Å². The highest BCUT2D eigenvalue weighted by molar-refractivity contribution is 7.09. The Kier molecular flexibility index (Phi) is 5.65. The molecular formula is C16H27N3OS. The van der Waals surface area contributed by atoms with E-state index in [-0.39, 0.29) is 5.41 Å². The summed E-state index contributed by atoms with van der Waals surface area (Å²) in [5, 5.41) is 14.1. The molecule has 118 valence electrons. The van der Waals surface area contributed by atoms with Gasteiger partial charge in [0.15, 0.2) is 0 Å². The molecule has 1 aromatic heterocycles. The highest BCUT2D eigenvalue weighted by Gasteiger charge is 2.29. The highest BCUT2D eigenvalue weighted by atomic mass is 32.1. The van der Waals surface area contributed by atoms with Gasteiger partial charge >= 0.3 is 0 Å². The minimum Gasteiger partial charge on any atom is -0.409 e. The van der Waals surface area contributed by atoms with Gasteiger partial charge in [0, 0.05) is 22.9 Å². The van der Waals surface area contributed by atoms with Crippen molar-refractivity contribution in [3.05, 3.63) is 22.4 Å². The Morgan fingerprint density at radius 1 is 1.48 bits per heavy atom. The van der Waals surface area contributed by atoms with Crippen LogP contribution >= 0.6 is 11.3 Å². The Labute approximate surface area is 131 Å². The van der Waals surface area contributed by atoms with Gasteiger partial charge in [-0.1, -0.05) is 31.5 Å². The summed E-state index contributed by atoms with van der Waals surface area (Å²) in [7, 11) is 0. The molecule has 0 unspecified atom stereocenters. The Balaban J connectivity index is 1.73. The predicted octanol–water partition coefficient (Wildman–Crippen LogP) is 3.66. The summed E-state index contributed by atoms with van der Waals surface area (Å²) < 4.78 is 0. The van der Waals surface area contributed by atoms with Crippen molar-refractivity contribution in [2.45, 2.75) is 58.5 Å². The van der Waals surface area contributed by atoms with Crippen molar-refractivity contribution >= 4 is 17.2 Å². The predicted molar refractivity (Wildman–Crippen MR) is 88.8 cm³/mol. The van der Waals surface area contributed by atoms with Gasteiger partial charge in [0.2, 0.25) is 0 Å². The molecule has 0 spiro atoms. The molecule has 1 heterocycles. The minimum absolute atomic E-state index is 0.215. The zero-order valence-electron chi connectivity index (χ0n) is 13.1. The molecule has 1 aliphatic carbocycles. The van der Waals surface area contributed by atoms with Crippen molar-refractivity contribution < 1.29 is 5.21 Å². The third-order valence-electron chi connectivity index (χ3n) is 4.30. The fourth-order valence-electron chi connectivity index (χ4n) is 2.58. The normalized spacial score (nSPS) is 16.6. The van der Waals surface area contributed by atoms with Crippen LogP contribution in [0.1, 0.15) is 50.8 Å². The van der Waals surface area contributed by atoms with E-state index in [0.29, 0.717) is 5.84 Å². The van der Waals surface area contributed by atoms with Crippen molar-refractivity contribution in [1.29, 1.82) is 0 Å². The zero-order chi connectivity index (χ0) is 15.3. The van der Waals surface area contributed by atoms with Crippen LogP contribution in [0.4, 0.5) is 0 Å². The van der Waals surface area contributed by atoms with Crippen molar-refractivity contribution in [3.63, 3.8) is 0 Å². The van der Waals surface area contributed by atoms with Crippen LogP contribution < -0.4 is 5.73 Å². The second-order valence-electron chi connectivity index (χ2n) is 6.61. The molecule has 2 rings (SSSR count). The smallest absolute Gasteiger partial charge is 0.144 e. The van der Waals surface area contributed by atoms with E-state index in [9.17, 15) is 0 Å². The number of rotatable bonds is 9. The van der Waals surface area contributed by atoms with Gasteiger partial charge in [-0.15, -0.1) is 11.3 Å². The van der Waals surface area contributed by atoms with Gasteiger partial charge in [-0.2, -0.15) is 0 Å². The van der Waals surface area contributed by atoms with Gasteiger partial charge in [-0.25, -0.2) is 0 Å². The molecule has 1 fully saturated rings. The van der Waals surface area contributed by atoms with E-state index in [4.69, 9.17) is 10.9 Å². The van der Waals surface area contributed by atoms with Gasteiger partial charge in [0.25, 0.3) is 0 Å². The highest BCUT2D eigenvalue weighted by Crippen LogP contribution is 2.30. The maximum Gasteiger partial charge on any atom is 0.144 e. The van der Waals surface area contributed by atoms with Crippen LogP contribution in [0.25, 0.3) is 0 Å². The van der Waals surface area contributed by atoms with E-state index in [1.54, 1.807) is 0 Å². The Bertz CT molecular complexity index is 452. The first-order valence-electron chi connectivity index (χ1n) is 7.77. The Hall–Kier alpha value is -1.07. The van der Waals surface area contributed by atoms with E-state index in [1.807, 2.05) is 25.2 Å².